The van der Waals surface area contributed by atoms with E-state index in [9.17, 15) is 23.1 Å². The number of thiazole rings is 1. The van der Waals surface area contributed by atoms with Crippen LogP contribution in [0.5, 0.6) is 11.5 Å². The third-order valence-corrected chi connectivity index (χ3v) is 7.66. The SMILES string of the molecule is COc1ccc(CCNCC2CC2)cc1OC.O=C(O)c1nc(C2CC2)sc1-c1cccc(C(F)(F)F)c1. The minimum absolute atomic E-state index is 0.166. The molecular formula is C28H31F3N2O4S. The lowest BCUT2D eigenvalue weighted by molar-refractivity contribution is -0.137. The quantitative estimate of drug-likeness (QED) is 0.276. The number of ether oxygens (including phenoxy) is 2. The number of hydrogen-bond donors (Lipinski definition) is 2. The first-order valence-electron chi connectivity index (χ1n) is 12.5. The molecule has 3 aromatic rings. The number of hydrogen-bond acceptors (Lipinski definition) is 6. The Bertz CT molecular complexity index is 1250. The van der Waals surface area contributed by atoms with Gasteiger partial charge in [-0.3, -0.25) is 0 Å². The second kappa shape index (κ2) is 12.2. The van der Waals surface area contributed by atoms with Crippen LogP contribution in [0.15, 0.2) is 42.5 Å². The first-order valence-corrected chi connectivity index (χ1v) is 13.3. The minimum atomic E-state index is -4.45. The molecule has 0 saturated heterocycles. The first-order chi connectivity index (χ1) is 18.2. The second-order valence-corrected chi connectivity index (χ2v) is 10.5. The Morgan fingerprint density at radius 2 is 1.82 bits per heavy atom. The van der Waals surface area contributed by atoms with E-state index in [4.69, 9.17) is 9.47 Å². The van der Waals surface area contributed by atoms with Crippen molar-refractivity contribution in [2.24, 2.45) is 5.92 Å². The summed E-state index contributed by atoms with van der Waals surface area (Å²) in [5.74, 6) is 1.59. The van der Waals surface area contributed by atoms with Gasteiger partial charge in [0.25, 0.3) is 0 Å². The number of aromatic nitrogens is 1. The van der Waals surface area contributed by atoms with Crippen LogP contribution in [0, 0.1) is 5.92 Å². The number of halogens is 3. The number of benzene rings is 2. The summed E-state index contributed by atoms with van der Waals surface area (Å²) < 4.78 is 48.8. The summed E-state index contributed by atoms with van der Waals surface area (Å²) in [6, 6.07) is 10.8. The van der Waals surface area contributed by atoms with Gasteiger partial charge in [-0.1, -0.05) is 18.2 Å². The Balaban J connectivity index is 0.000000181. The van der Waals surface area contributed by atoms with Crippen LogP contribution in [0.4, 0.5) is 13.2 Å². The van der Waals surface area contributed by atoms with Gasteiger partial charge in [-0.05, 0) is 86.5 Å². The highest BCUT2D eigenvalue weighted by atomic mass is 32.1. The summed E-state index contributed by atoms with van der Waals surface area (Å²) in [4.78, 5) is 15.6. The zero-order chi connectivity index (χ0) is 27.3. The maximum Gasteiger partial charge on any atom is 0.416 e. The van der Waals surface area contributed by atoms with Crippen molar-refractivity contribution in [1.29, 1.82) is 0 Å². The van der Waals surface area contributed by atoms with Crippen LogP contribution in [0.3, 0.4) is 0 Å². The van der Waals surface area contributed by atoms with Gasteiger partial charge in [-0.2, -0.15) is 13.2 Å². The maximum absolute atomic E-state index is 12.8. The highest BCUT2D eigenvalue weighted by Crippen LogP contribution is 2.45. The molecule has 1 heterocycles. The van der Waals surface area contributed by atoms with Crippen molar-refractivity contribution in [2.45, 2.75) is 44.2 Å². The van der Waals surface area contributed by atoms with Crippen LogP contribution in [0.25, 0.3) is 10.4 Å². The zero-order valence-electron chi connectivity index (χ0n) is 21.3. The number of carbonyl (C=O) groups is 1. The summed E-state index contributed by atoms with van der Waals surface area (Å²) in [6.45, 7) is 2.21. The van der Waals surface area contributed by atoms with Gasteiger partial charge in [-0.15, -0.1) is 11.3 Å². The van der Waals surface area contributed by atoms with Crippen molar-refractivity contribution in [2.75, 3.05) is 27.3 Å². The number of alkyl halides is 3. The van der Waals surface area contributed by atoms with Crippen molar-refractivity contribution in [3.8, 4) is 21.9 Å². The van der Waals surface area contributed by atoms with E-state index >= 15 is 0 Å². The molecule has 1 aromatic heterocycles. The number of carboxylic acid groups (broad SMARTS) is 1. The van der Waals surface area contributed by atoms with Gasteiger partial charge in [0.2, 0.25) is 0 Å². The van der Waals surface area contributed by atoms with E-state index in [2.05, 4.69) is 22.4 Å². The average Bonchev–Trinajstić information content (AvgIpc) is 3.85. The molecule has 0 radical (unpaired) electrons. The molecule has 6 nitrogen and oxygen atoms in total. The molecule has 10 heteroatoms. The van der Waals surface area contributed by atoms with Crippen LogP contribution in [0.1, 0.15) is 58.2 Å². The van der Waals surface area contributed by atoms with Crippen LogP contribution < -0.4 is 14.8 Å². The third-order valence-electron chi connectivity index (χ3n) is 6.39. The topological polar surface area (TPSA) is 80.7 Å². The number of carboxylic acids is 1. The largest absolute Gasteiger partial charge is 0.493 e. The third kappa shape index (κ3) is 7.48. The number of rotatable bonds is 10. The molecule has 2 N–H and O–H groups in total. The Labute approximate surface area is 223 Å². The molecule has 2 aliphatic carbocycles. The van der Waals surface area contributed by atoms with Crippen molar-refractivity contribution < 1.29 is 32.5 Å². The molecule has 2 saturated carbocycles. The fourth-order valence-electron chi connectivity index (χ4n) is 3.92. The van der Waals surface area contributed by atoms with Crippen LogP contribution in [-0.4, -0.2) is 43.4 Å². The minimum Gasteiger partial charge on any atom is -0.493 e. The lowest BCUT2D eigenvalue weighted by atomic mass is 10.1. The van der Waals surface area contributed by atoms with Crippen molar-refractivity contribution in [1.82, 2.24) is 10.3 Å². The molecule has 2 fully saturated rings. The Morgan fingerprint density at radius 1 is 1.08 bits per heavy atom. The molecule has 204 valence electrons. The van der Waals surface area contributed by atoms with E-state index in [0.29, 0.717) is 5.01 Å². The second-order valence-electron chi connectivity index (χ2n) is 9.47. The Morgan fingerprint density at radius 3 is 2.42 bits per heavy atom. The summed E-state index contributed by atoms with van der Waals surface area (Å²) in [5.41, 5.74) is 0.566. The van der Waals surface area contributed by atoms with E-state index in [1.807, 2.05) is 6.07 Å². The summed E-state index contributed by atoms with van der Waals surface area (Å²) in [7, 11) is 3.34. The van der Waals surface area contributed by atoms with Gasteiger partial charge < -0.3 is 19.9 Å². The van der Waals surface area contributed by atoms with Crippen molar-refractivity contribution in [3.05, 3.63) is 64.3 Å². The Kier molecular flexibility index (Phi) is 8.94. The zero-order valence-corrected chi connectivity index (χ0v) is 22.1. The van der Waals surface area contributed by atoms with Gasteiger partial charge in [0.1, 0.15) is 0 Å². The maximum atomic E-state index is 12.8. The molecule has 0 spiro atoms. The normalized spacial score (nSPS) is 15.0. The number of methoxy groups -OCH3 is 2. The predicted molar refractivity (Wildman–Crippen MR) is 140 cm³/mol. The first kappa shape index (κ1) is 27.9. The van der Waals surface area contributed by atoms with Crippen LogP contribution >= 0.6 is 11.3 Å². The molecule has 2 aromatic carbocycles. The highest BCUT2D eigenvalue weighted by molar-refractivity contribution is 7.15. The van der Waals surface area contributed by atoms with Gasteiger partial charge in [-0.25, -0.2) is 9.78 Å². The fraction of sp³-hybridized carbons (Fsp3) is 0.429. The highest BCUT2D eigenvalue weighted by Gasteiger charge is 2.33. The van der Waals surface area contributed by atoms with E-state index in [0.717, 1.165) is 55.4 Å². The van der Waals surface area contributed by atoms with Gasteiger partial charge in [0.05, 0.1) is 29.7 Å². The molecule has 0 aliphatic heterocycles. The number of aromatic carboxylic acids is 1. The van der Waals surface area contributed by atoms with Gasteiger partial charge in [0.15, 0.2) is 17.2 Å². The van der Waals surface area contributed by atoms with Crippen LogP contribution in [0.2, 0.25) is 0 Å². The molecule has 0 atom stereocenters. The smallest absolute Gasteiger partial charge is 0.416 e. The average molecular weight is 549 g/mol. The Hall–Kier alpha value is -3.11. The van der Waals surface area contributed by atoms with Crippen molar-refractivity contribution >= 4 is 17.3 Å². The number of nitrogens with zero attached hydrogens (tertiary/aromatic N) is 1. The standard InChI is InChI=1S/C14H10F3NO2S.C14H21NO2/c15-14(16,17)9-3-1-2-8(6-9)11-10(13(19)20)18-12(21-11)7-4-5-7;1-16-13-6-5-11(9-14(13)17-2)7-8-15-10-12-3-4-12/h1-3,6-7H,4-5H2,(H,19,20);5-6,9,12,15H,3-4,7-8,10H2,1-2H3. The van der Waals surface area contributed by atoms with E-state index in [1.165, 1.54) is 48.4 Å². The molecule has 38 heavy (non-hydrogen) atoms. The molecule has 2 aliphatic rings. The predicted octanol–water partition coefficient (Wildman–Crippen LogP) is 6.65. The van der Waals surface area contributed by atoms with E-state index in [-0.39, 0.29) is 22.1 Å². The monoisotopic (exact) mass is 548 g/mol. The molecule has 0 unspecified atom stereocenters. The van der Waals surface area contributed by atoms with Crippen LogP contribution in [-0.2, 0) is 12.6 Å². The number of nitrogens with one attached hydrogen (secondary N) is 1. The molecule has 5 rings (SSSR count). The lowest BCUT2D eigenvalue weighted by Gasteiger charge is -2.09. The van der Waals surface area contributed by atoms with E-state index < -0.39 is 17.7 Å². The van der Waals surface area contributed by atoms with Gasteiger partial charge >= 0.3 is 12.1 Å². The van der Waals surface area contributed by atoms with Crippen molar-refractivity contribution in [3.63, 3.8) is 0 Å². The summed E-state index contributed by atoms with van der Waals surface area (Å²) >= 11 is 1.17. The fourth-order valence-corrected chi connectivity index (χ4v) is 5.14. The molecule has 0 bridgehead atoms. The molecule has 0 amide bonds. The summed E-state index contributed by atoms with van der Waals surface area (Å²) in [6.07, 6.45) is 1.30. The van der Waals surface area contributed by atoms with E-state index in [1.54, 1.807) is 14.2 Å². The summed E-state index contributed by atoms with van der Waals surface area (Å²) in [5, 5.41) is 13.4. The lowest BCUT2D eigenvalue weighted by Crippen LogP contribution is -2.19. The molecular weight excluding hydrogens is 517 g/mol. The van der Waals surface area contributed by atoms with Gasteiger partial charge in [0, 0.05) is 5.92 Å².